The van der Waals surface area contributed by atoms with Crippen LogP contribution in [0.5, 0.6) is 0 Å². The van der Waals surface area contributed by atoms with E-state index in [-0.39, 0.29) is 44.2 Å². The van der Waals surface area contributed by atoms with E-state index in [0.717, 1.165) is 0 Å². The second-order valence-electron chi connectivity index (χ2n) is 7.04. The van der Waals surface area contributed by atoms with E-state index >= 15 is 0 Å². The molecule has 12 nitrogen and oxygen atoms in total. The monoisotopic (exact) mass is 524 g/mol. The lowest BCUT2D eigenvalue weighted by Gasteiger charge is -2.08. The molecular formula is C22H14Cl2N8O4. The molecule has 0 spiro atoms. The fourth-order valence-electron chi connectivity index (χ4n) is 3.21. The van der Waals surface area contributed by atoms with Gasteiger partial charge in [-0.1, -0.05) is 59.6 Å². The number of anilines is 2. The molecule has 1 aromatic heterocycles. The maximum absolute atomic E-state index is 11.3. The summed E-state index contributed by atoms with van der Waals surface area (Å²) in [6.07, 6.45) is 2.45. The SMILES string of the molecule is O=[N+]([O-])c1cccc(Cl)c1/C=N\Nc1nnc(N/N=C\c2c(Cl)cccc2[N+](=O)[O-])c2ccccc12. The Balaban J connectivity index is 1.60. The molecule has 0 aliphatic rings. The van der Waals surface area contributed by atoms with E-state index in [2.05, 4.69) is 31.3 Å². The van der Waals surface area contributed by atoms with Crippen LogP contribution in [0.3, 0.4) is 0 Å². The van der Waals surface area contributed by atoms with Crippen molar-refractivity contribution in [1.29, 1.82) is 0 Å². The number of benzene rings is 3. The number of hydrazone groups is 2. The molecular weight excluding hydrogens is 511 g/mol. The van der Waals surface area contributed by atoms with Crippen molar-refractivity contribution in [3.8, 4) is 0 Å². The van der Waals surface area contributed by atoms with Crippen molar-refractivity contribution < 1.29 is 9.85 Å². The van der Waals surface area contributed by atoms with Crippen LogP contribution in [0.2, 0.25) is 10.0 Å². The fourth-order valence-corrected chi connectivity index (χ4v) is 3.65. The van der Waals surface area contributed by atoms with Gasteiger partial charge in [0.25, 0.3) is 11.4 Å². The van der Waals surface area contributed by atoms with Crippen molar-refractivity contribution in [2.45, 2.75) is 0 Å². The number of nitro benzene ring substituents is 2. The lowest BCUT2D eigenvalue weighted by atomic mass is 10.2. The van der Waals surface area contributed by atoms with Crippen LogP contribution in [0.4, 0.5) is 23.0 Å². The summed E-state index contributed by atoms with van der Waals surface area (Å²) in [5.74, 6) is 0.542. The van der Waals surface area contributed by atoms with Gasteiger partial charge >= 0.3 is 0 Å². The summed E-state index contributed by atoms with van der Waals surface area (Å²) in [5, 5.41) is 40.3. The quantitative estimate of drug-likeness (QED) is 0.170. The highest BCUT2D eigenvalue weighted by atomic mass is 35.5. The van der Waals surface area contributed by atoms with Gasteiger partial charge in [0.2, 0.25) is 0 Å². The molecule has 4 rings (SSSR count). The van der Waals surface area contributed by atoms with Gasteiger partial charge in [-0.05, 0) is 12.1 Å². The molecule has 0 bridgehead atoms. The summed E-state index contributed by atoms with van der Waals surface area (Å²) < 4.78 is 0. The molecule has 0 unspecified atom stereocenters. The molecule has 14 heteroatoms. The van der Waals surface area contributed by atoms with E-state index in [1.807, 2.05) is 0 Å². The van der Waals surface area contributed by atoms with Crippen LogP contribution in [0.1, 0.15) is 11.1 Å². The highest BCUT2D eigenvalue weighted by Crippen LogP contribution is 2.28. The molecule has 0 fully saturated rings. The van der Waals surface area contributed by atoms with Crippen LogP contribution in [-0.2, 0) is 0 Å². The number of aromatic nitrogens is 2. The second kappa shape index (κ2) is 10.7. The summed E-state index contributed by atoms with van der Waals surface area (Å²) in [4.78, 5) is 21.4. The molecule has 0 radical (unpaired) electrons. The van der Waals surface area contributed by atoms with Crippen LogP contribution in [0.25, 0.3) is 10.8 Å². The van der Waals surface area contributed by atoms with Crippen LogP contribution >= 0.6 is 23.2 Å². The van der Waals surface area contributed by atoms with Gasteiger partial charge in [0.15, 0.2) is 11.6 Å². The first kappa shape index (κ1) is 24.4. The first-order chi connectivity index (χ1) is 17.4. The molecule has 36 heavy (non-hydrogen) atoms. The Labute approximate surface area is 212 Å². The zero-order chi connectivity index (χ0) is 25.7. The van der Waals surface area contributed by atoms with Gasteiger partial charge in [-0.2, -0.15) is 10.2 Å². The molecule has 0 atom stereocenters. The number of nitro groups is 2. The van der Waals surface area contributed by atoms with Gasteiger partial charge in [0.1, 0.15) is 0 Å². The minimum absolute atomic E-state index is 0.134. The first-order valence-corrected chi connectivity index (χ1v) is 10.8. The Morgan fingerprint density at radius 1 is 0.694 bits per heavy atom. The minimum atomic E-state index is -0.555. The smallest absolute Gasteiger partial charge is 0.259 e. The summed E-state index contributed by atoms with van der Waals surface area (Å²) in [6, 6.07) is 15.7. The fraction of sp³-hybridized carbons (Fsp3) is 0. The van der Waals surface area contributed by atoms with Gasteiger partial charge in [0, 0.05) is 22.9 Å². The van der Waals surface area contributed by atoms with Crippen LogP contribution in [0.15, 0.2) is 70.9 Å². The molecule has 0 aliphatic carbocycles. The van der Waals surface area contributed by atoms with Gasteiger partial charge in [-0.3, -0.25) is 31.1 Å². The van der Waals surface area contributed by atoms with E-state index in [1.54, 1.807) is 24.3 Å². The third-order valence-electron chi connectivity index (χ3n) is 4.87. The highest BCUT2D eigenvalue weighted by molar-refractivity contribution is 6.34. The Morgan fingerprint density at radius 2 is 1.11 bits per heavy atom. The molecule has 4 aromatic rings. The Hall–Kier alpha value is -4.68. The van der Waals surface area contributed by atoms with Crippen molar-refractivity contribution >= 4 is 69.4 Å². The average Bonchev–Trinajstić information content (AvgIpc) is 2.86. The number of fused-ring (bicyclic) bond motifs is 1. The Morgan fingerprint density at radius 3 is 1.50 bits per heavy atom. The summed E-state index contributed by atoms with van der Waals surface area (Å²) in [5.41, 5.74) is 5.32. The van der Waals surface area contributed by atoms with Crippen molar-refractivity contribution in [2.75, 3.05) is 10.9 Å². The van der Waals surface area contributed by atoms with E-state index in [4.69, 9.17) is 23.2 Å². The summed E-state index contributed by atoms with van der Waals surface area (Å²) in [7, 11) is 0. The maximum atomic E-state index is 11.3. The minimum Gasteiger partial charge on any atom is -0.259 e. The molecule has 2 N–H and O–H groups in total. The molecule has 1 heterocycles. The van der Waals surface area contributed by atoms with Crippen molar-refractivity contribution in [1.82, 2.24) is 10.2 Å². The summed E-state index contributed by atoms with van der Waals surface area (Å²) in [6.45, 7) is 0. The van der Waals surface area contributed by atoms with Gasteiger partial charge in [0.05, 0.1) is 43.4 Å². The number of halogens is 2. The Kier molecular flexibility index (Phi) is 7.28. The predicted molar refractivity (Wildman–Crippen MR) is 138 cm³/mol. The van der Waals surface area contributed by atoms with Crippen molar-refractivity contribution in [2.24, 2.45) is 10.2 Å². The van der Waals surface area contributed by atoms with E-state index in [9.17, 15) is 20.2 Å². The third kappa shape index (κ3) is 5.19. The van der Waals surface area contributed by atoms with Crippen molar-refractivity contribution in [3.05, 3.63) is 102 Å². The standard InChI is InChI=1S/C22H14Cl2N8O4/c23-17-7-3-9-19(31(33)34)15(17)11-25-27-21-13-5-1-2-6-14(13)22(30-29-21)28-26-12-16-18(24)8-4-10-20(16)32(35)36/h1-12H,(H,27,29)(H,28,30)/b25-11-,26-12-. The average molecular weight is 525 g/mol. The van der Waals surface area contributed by atoms with Crippen LogP contribution in [-0.4, -0.2) is 32.5 Å². The molecule has 0 amide bonds. The zero-order valence-corrected chi connectivity index (χ0v) is 19.5. The molecule has 3 aromatic carbocycles. The first-order valence-electron chi connectivity index (χ1n) is 10.1. The topological polar surface area (TPSA) is 161 Å². The number of nitrogens with one attached hydrogen (secondary N) is 2. The number of hydrogen-bond donors (Lipinski definition) is 2. The molecule has 180 valence electrons. The normalized spacial score (nSPS) is 11.3. The lowest BCUT2D eigenvalue weighted by Crippen LogP contribution is -2.03. The Bertz CT molecular complexity index is 1430. The third-order valence-corrected chi connectivity index (χ3v) is 5.53. The number of rotatable bonds is 8. The van der Waals surface area contributed by atoms with Crippen molar-refractivity contribution in [3.63, 3.8) is 0 Å². The number of nitrogens with zero attached hydrogens (tertiary/aromatic N) is 6. The zero-order valence-electron chi connectivity index (χ0n) is 18.0. The second-order valence-corrected chi connectivity index (χ2v) is 7.86. The van der Waals surface area contributed by atoms with Gasteiger partial charge in [-0.25, -0.2) is 0 Å². The van der Waals surface area contributed by atoms with E-state index in [0.29, 0.717) is 10.8 Å². The predicted octanol–water partition coefficient (Wildman–Crippen LogP) is 5.65. The molecule has 0 aliphatic heterocycles. The molecule has 0 saturated carbocycles. The van der Waals surface area contributed by atoms with Gasteiger partial charge < -0.3 is 0 Å². The highest BCUT2D eigenvalue weighted by Gasteiger charge is 2.16. The van der Waals surface area contributed by atoms with Crippen LogP contribution < -0.4 is 10.9 Å². The van der Waals surface area contributed by atoms with Crippen LogP contribution in [0, 0.1) is 20.2 Å². The number of hydrogen-bond acceptors (Lipinski definition) is 10. The largest absolute Gasteiger partial charge is 0.279 e. The van der Waals surface area contributed by atoms with E-state index in [1.165, 1.54) is 48.8 Å². The molecule has 0 saturated heterocycles. The summed E-state index contributed by atoms with van der Waals surface area (Å²) >= 11 is 12.2. The maximum Gasteiger partial charge on any atom is 0.279 e. The lowest BCUT2D eigenvalue weighted by molar-refractivity contribution is -0.385. The van der Waals surface area contributed by atoms with E-state index < -0.39 is 9.85 Å². The van der Waals surface area contributed by atoms with Gasteiger partial charge in [-0.15, -0.1) is 10.2 Å².